The molecule has 1 N–H and O–H groups in total. The predicted molar refractivity (Wildman–Crippen MR) is 112 cm³/mol. The molecule has 1 aliphatic rings. The molecule has 2 atom stereocenters. The highest BCUT2D eigenvalue weighted by Gasteiger charge is 2.30. The molecule has 1 saturated heterocycles. The molecule has 3 aromatic heterocycles. The topological polar surface area (TPSA) is 93.1 Å². The fourth-order valence-corrected chi connectivity index (χ4v) is 4.46. The molecule has 0 radical (unpaired) electrons. The van der Waals surface area contributed by atoms with Crippen LogP contribution < -0.4 is 5.32 Å². The molecule has 0 saturated carbocycles. The van der Waals surface area contributed by atoms with E-state index in [-0.39, 0.29) is 17.9 Å². The van der Waals surface area contributed by atoms with Gasteiger partial charge in [-0.25, -0.2) is 14.4 Å². The number of thiazole rings is 1. The van der Waals surface area contributed by atoms with Crippen LogP contribution in [0.15, 0.2) is 18.5 Å². The van der Waals surface area contributed by atoms with Crippen LogP contribution in [-0.4, -0.2) is 57.5 Å². The van der Waals surface area contributed by atoms with Crippen LogP contribution in [-0.2, 0) is 4.74 Å². The summed E-state index contributed by atoms with van der Waals surface area (Å²) in [6.45, 7) is 5.68. The van der Waals surface area contributed by atoms with Crippen LogP contribution >= 0.6 is 11.3 Å². The van der Waals surface area contributed by atoms with E-state index in [0.29, 0.717) is 47.2 Å². The van der Waals surface area contributed by atoms with Crippen LogP contribution in [0.4, 0.5) is 10.3 Å². The molecule has 0 bridgehead atoms. The quantitative estimate of drug-likeness (QED) is 0.642. The second-order valence-corrected chi connectivity index (χ2v) is 8.65. The number of fused-ring (bicyclic) bond motifs is 1. The Morgan fingerprint density at radius 2 is 2.23 bits per heavy atom. The van der Waals surface area contributed by atoms with Gasteiger partial charge in [0, 0.05) is 32.3 Å². The number of aryl methyl sites for hydroxylation is 1. The van der Waals surface area contributed by atoms with E-state index in [2.05, 4.69) is 25.3 Å². The van der Waals surface area contributed by atoms with Crippen molar-refractivity contribution in [3.8, 4) is 0 Å². The maximum absolute atomic E-state index is 13.5. The van der Waals surface area contributed by atoms with Gasteiger partial charge in [-0.05, 0) is 31.9 Å². The lowest BCUT2D eigenvalue weighted by Gasteiger charge is -2.18. The number of nitrogens with one attached hydrogen (secondary N) is 1. The summed E-state index contributed by atoms with van der Waals surface area (Å²) in [7, 11) is 1.67. The minimum atomic E-state index is -0.414. The Morgan fingerprint density at radius 3 is 3.00 bits per heavy atom. The minimum Gasteiger partial charge on any atom is -0.384 e. The smallest absolute Gasteiger partial charge is 0.274 e. The number of carbonyl (C=O) groups is 1. The number of halogens is 1. The van der Waals surface area contributed by atoms with E-state index in [1.165, 1.54) is 17.4 Å². The molecule has 1 aliphatic heterocycles. The number of hydrogen-bond acceptors (Lipinski definition) is 8. The van der Waals surface area contributed by atoms with Gasteiger partial charge in [0.2, 0.25) is 5.95 Å². The van der Waals surface area contributed by atoms with Gasteiger partial charge in [0.05, 0.1) is 23.9 Å². The summed E-state index contributed by atoms with van der Waals surface area (Å²) in [5.74, 6) is 0.0639. The minimum absolute atomic E-state index is 0.132. The molecule has 30 heavy (non-hydrogen) atoms. The van der Waals surface area contributed by atoms with Gasteiger partial charge in [0.1, 0.15) is 10.5 Å². The number of rotatable bonds is 6. The number of hydrogen-bond donors (Lipinski definition) is 1. The summed E-state index contributed by atoms with van der Waals surface area (Å²) < 4.78 is 19.4. The first-order valence-electron chi connectivity index (χ1n) is 9.75. The van der Waals surface area contributed by atoms with Crippen molar-refractivity contribution >= 4 is 33.5 Å². The molecule has 0 aromatic carbocycles. The Kier molecular flexibility index (Phi) is 5.87. The maximum atomic E-state index is 13.5. The monoisotopic (exact) mass is 430 g/mol. The van der Waals surface area contributed by atoms with Gasteiger partial charge in [0.15, 0.2) is 11.3 Å². The summed E-state index contributed by atoms with van der Waals surface area (Å²) in [6, 6.07) is 1.11. The number of carbonyl (C=O) groups excluding carboxylic acids is 1. The third kappa shape index (κ3) is 4.24. The first-order chi connectivity index (χ1) is 14.4. The zero-order valence-electron chi connectivity index (χ0n) is 17.1. The van der Waals surface area contributed by atoms with Crippen LogP contribution in [0.3, 0.4) is 0 Å². The highest BCUT2D eigenvalue weighted by molar-refractivity contribution is 7.18. The van der Waals surface area contributed by atoms with E-state index >= 15 is 0 Å². The summed E-state index contributed by atoms with van der Waals surface area (Å²) >= 11 is 1.41. The average Bonchev–Trinajstić information content (AvgIpc) is 3.33. The van der Waals surface area contributed by atoms with Crippen molar-refractivity contribution in [1.29, 1.82) is 0 Å². The molecule has 4 heterocycles. The summed E-state index contributed by atoms with van der Waals surface area (Å²) in [6.07, 6.45) is 3.64. The summed E-state index contributed by atoms with van der Waals surface area (Å²) in [5, 5.41) is 3.96. The second-order valence-electron chi connectivity index (χ2n) is 7.45. The molecule has 2 unspecified atom stereocenters. The summed E-state index contributed by atoms with van der Waals surface area (Å²) in [4.78, 5) is 32.4. The highest BCUT2D eigenvalue weighted by atomic mass is 32.1. The SMILES string of the molecule is COCC1CCN(C(=O)c2nc(NC(C)c3cncc(F)c3)nc3nc(C)sc23)C1. The largest absolute Gasteiger partial charge is 0.384 e. The van der Waals surface area contributed by atoms with E-state index in [0.717, 1.165) is 17.6 Å². The number of pyridine rings is 1. The molecule has 1 fully saturated rings. The molecule has 158 valence electrons. The lowest BCUT2D eigenvalue weighted by Crippen LogP contribution is -2.30. The Labute approximate surface area is 177 Å². The van der Waals surface area contributed by atoms with Crippen molar-refractivity contribution < 1.29 is 13.9 Å². The lowest BCUT2D eigenvalue weighted by molar-refractivity contribution is 0.0772. The zero-order valence-corrected chi connectivity index (χ0v) is 17.9. The molecule has 10 heteroatoms. The number of ether oxygens (including phenoxy) is 1. The van der Waals surface area contributed by atoms with E-state index in [9.17, 15) is 9.18 Å². The van der Waals surface area contributed by atoms with Gasteiger partial charge in [-0.15, -0.1) is 11.3 Å². The van der Waals surface area contributed by atoms with Gasteiger partial charge in [0.25, 0.3) is 5.91 Å². The fourth-order valence-electron chi connectivity index (χ4n) is 3.62. The Balaban J connectivity index is 1.63. The number of methoxy groups -OCH3 is 1. The first kappa shape index (κ1) is 20.5. The second kappa shape index (κ2) is 8.57. The van der Waals surface area contributed by atoms with Crippen LogP contribution in [0, 0.1) is 18.7 Å². The Hall–Kier alpha value is -2.72. The number of likely N-dealkylation sites (tertiary alicyclic amines) is 1. The third-order valence-electron chi connectivity index (χ3n) is 5.11. The van der Waals surface area contributed by atoms with Crippen molar-refractivity contribution in [3.05, 3.63) is 40.5 Å². The number of amides is 1. The molecule has 0 aliphatic carbocycles. The lowest BCUT2D eigenvalue weighted by atomic mass is 10.1. The van der Waals surface area contributed by atoms with Gasteiger partial charge in [-0.3, -0.25) is 9.78 Å². The maximum Gasteiger partial charge on any atom is 0.274 e. The van der Waals surface area contributed by atoms with Crippen LogP contribution in [0.2, 0.25) is 0 Å². The van der Waals surface area contributed by atoms with Crippen LogP contribution in [0.1, 0.15) is 40.4 Å². The number of nitrogens with zero attached hydrogens (tertiary/aromatic N) is 5. The van der Waals surface area contributed by atoms with E-state index in [1.54, 1.807) is 13.3 Å². The molecular weight excluding hydrogens is 407 g/mol. The molecule has 3 aromatic rings. The van der Waals surface area contributed by atoms with Crippen molar-refractivity contribution in [2.45, 2.75) is 26.3 Å². The van der Waals surface area contributed by atoms with E-state index in [4.69, 9.17) is 4.74 Å². The Bertz CT molecular complexity index is 1070. The molecule has 8 nitrogen and oxygen atoms in total. The fraction of sp³-hybridized carbons (Fsp3) is 0.450. The zero-order chi connectivity index (χ0) is 21.3. The van der Waals surface area contributed by atoms with E-state index in [1.807, 2.05) is 18.7 Å². The normalized spacial score (nSPS) is 17.5. The van der Waals surface area contributed by atoms with Crippen molar-refractivity contribution in [3.63, 3.8) is 0 Å². The van der Waals surface area contributed by atoms with Crippen LogP contribution in [0.25, 0.3) is 10.3 Å². The predicted octanol–water partition coefficient (Wildman–Crippen LogP) is 3.21. The first-order valence-corrected chi connectivity index (χ1v) is 10.6. The van der Waals surface area contributed by atoms with Gasteiger partial charge in [-0.2, -0.15) is 4.98 Å². The van der Waals surface area contributed by atoms with Crippen molar-refractivity contribution in [2.24, 2.45) is 5.92 Å². The number of anilines is 1. The average molecular weight is 431 g/mol. The van der Waals surface area contributed by atoms with E-state index < -0.39 is 5.82 Å². The summed E-state index contributed by atoms with van der Waals surface area (Å²) in [5.41, 5.74) is 1.48. The van der Waals surface area contributed by atoms with Gasteiger partial charge < -0.3 is 15.0 Å². The molecular formula is C20H23FN6O2S. The van der Waals surface area contributed by atoms with Crippen LogP contribution in [0.5, 0.6) is 0 Å². The number of aromatic nitrogens is 4. The van der Waals surface area contributed by atoms with Crippen molar-refractivity contribution in [1.82, 2.24) is 24.8 Å². The highest BCUT2D eigenvalue weighted by Crippen LogP contribution is 2.28. The van der Waals surface area contributed by atoms with Gasteiger partial charge >= 0.3 is 0 Å². The standard InChI is InChI=1S/C20H23FN6O2S/c1-11(14-6-15(21)8-22-7-14)23-20-25-16(17-18(26-20)24-12(2)30-17)19(28)27-5-4-13(9-27)10-29-3/h6-8,11,13H,4-5,9-10H2,1-3H3,(H,23,25,26). The Morgan fingerprint density at radius 1 is 1.40 bits per heavy atom. The van der Waals surface area contributed by atoms with Crippen molar-refractivity contribution in [2.75, 3.05) is 32.1 Å². The molecule has 4 rings (SSSR count). The van der Waals surface area contributed by atoms with Gasteiger partial charge in [-0.1, -0.05) is 0 Å². The molecule has 1 amide bonds. The third-order valence-corrected chi connectivity index (χ3v) is 6.08. The molecule has 0 spiro atoms.